The fourth-order valence-corrected chi connectivity index (χ4v) is 2.80. The lowest BCUT2D eigenvalue weighted by molar-refractivity contribution is 0.0398. The first kappa shape index (κ1) is 18.6. The monoisotopic (exact) mass is 375 g/mol. The van der Waals surface area contributed by atoms with E-state index in [1.807, 2.05) is 13.0 Å². The summed E-state index contributed by atoms with van der Waals surface area (Å²) in [6.45, 7) is 7.07. The minimum Gasteiger partial charge on any atom is -0.379 e. The van der Waals surface area contributed by atoms with Gasteiger partial charge < -0.3 is 15.4 Å². The van der Waals surface area contributed by atoms with Gasteiger partial charge in [-0.2, -0.15) is 0 Å². The third-order valence-corrected chi connectivity index (χ3v) is 4.42. The molecule has 1 aromatic heterocycles. The Kier molecular flexibility index (Phi) is 6.38. The largest absolute Gasteiger partial charge is 0.379 e. The first-order chi connectivity index (χ1) is 12.6. The van der Waals surface area contributed by atoms with E-state index in [4.69, 9.17) is 16.3 Å². The second-order valence-electron chi connectivity index (χ2n) is 6.10. The number of hydrogen-bond acceptors (Lipinski definition) is 6. The van der Waals surface area contributed by atoms with E-state index in [0.717, 1.165) is 45.0 Å². The standard InChI is InChI=1S/C18H22ClN5O2/c1-13-2-3-14(19)12-16(13)21-18(25)15-4-5-17(23-22-15)20-6-7-24-8-10-26-11-9-24/h2-5,12H,6-11H2,1H3,(H,20,23)(H,21,25). The Hall–Kier alpha value is -2.22. The van der Waals surface area contributed by atoms with Crippen molar-refractivity contribution in [2.75, 3.05) is 50.0 Å². The Morgan fingerprint density at radius 2 is 2.04 bits per heavy atom. The van der Waals surface area contributed by atoms with E-state index in [0.29, 0.717) is 16.5 Å². The van der Waals surface area contributed by atoms with Gasteiger partial charge in [0.05, 0.1) is 13.2 Å². The SMILES string of the molecule is Cc1ccc(Cl)cc1NC(=O)c1ccc(NCCN2CCOCC2)nn1. The summed E-state index contributed by atoms with van der Waals surface area (Å²) in [6.07, 6.45) is 0. The van der Waals surface area contributed by atoms with Gasteiger partial charge in [-0.05, 0) is 36.8 Å². The van der Waals surface area contributed by atoms with Gasteiger partial charge in [0.1, 0.15) is 5.82 Å². The zero-order chi connectivity index (χ0) is 18.4. The fraction of sp³-hybridized carbons (Fsp3) is 0.389. The highest BCUT2D eigenvalue weighted by Gasteiger charge is 2.12. The van der Waals surface area contributed by atoms with E-state index in [1.165, 1.54) is 0 Å². The number of morpholine rings is 1. The number of carbonyl (C=O) groups is 1. The second-order valence-corrected chi connectivity index (χ2v) is 6.53. The van der Waals surface area contributed by atoms with Crippen LogP contribution in [0.5, 0.6) is 0 Å². The average molecular weight is 376 g/mol. The average Bonchev–Trinajstić information content (AvgIpc) is 2.66. The summed E-state index contributed by atoms with van der Waals surface area (Å²) < 4.78 is 5.33. The van der Waals surface area contributed by atoms with Crippen LogP contribution in [-0.4, -0.2) is 60.4 Å². The van der Waals surface area contributed by atoms with Crippen molar-refractivity contribution in [3.63, 3.8) is 0 Å². The lowest BCUT2D eigenvalue weighted by atomic mass is 10.2. The number of halogens is 1. The number of anilines is 2. The van der Waals surface area contributed by atoms with Crippen molar-refractivity contribution in [1.82, 2.24) is 15.1 Å². The van der Waals surface area contributed by atoms with Gasteiger partial charge in [-0.25, -0.2) is 0 Å². The molecule has 2 aromatic rings. The number of amides is 1. The van der Waals surface area contributed by atoms with E-state index in [2.05, 4.69) is 25.7 Å². The number of benzene rings is 1. The normalized spacial score (nSPS) is 14.8. The van der Waals surface area contributed by atoms with Crippen molar-refractivity contribution >= 4 is 29.0 Å². The van der Waals surface area contributed by atoms with E-state index in [9.17, 15) is 4.79 Å². The quantitative estimate of drug-likeness (QED) is 0.807. The smallest absolute Gasteiger partial charge is 0.276 e. The number of nitrogens with zero attached hydrogens (tertiary/aromatic N) is 3. The van der Waals surface area contributed by atoms with Crippen LogP contribution in [0.3, 0.4) is 0 Å². The zero-order valence-electron chi connectivity index (χ0n) is 14.7. The maximum atomic E-state index is 12.3. The number of hydrogen-bond donors (Lipinski definition) is 2. The van der Waals surface area contributed by atoms with E-state index < -0.39 is 0 Å². The number of nitrogens with one attached hydrogen (secondary N) is 2. The highest BCUT2D eigenvalue weighted by molar-refractivity contribution is 6.31. The molecule has 138 valence electrons. The Morgan fingerprint density at radius 3 is 2.77 bits per heavy atom. The molecule has 8 heteroatoms. The van der Waals surface area contributed by atoms with Gasteiger partial charge in [-0.3, -0.25) is 9.69 Å². The van der Waals surface area contributed by atoms with Crippen molar-refractivity contribution < 1.29 is 9.53 Å². The molecule has 0 radical (unpaired) electrons. The minimum absolute atomic E-state index is 0.253. The summed E-state index contributed by atoms with van der Waals surface area (Å²) in [6, 6.07) is 8.75. The number of aryl methyl sites for hydroxylation is 1. The summed E-state index contributed by atoms with van der Waals surface area (Å²) in [7, 11) is 0. The predicted octanol–water partition coefficient (Wildman–Crippen LogP) is 2.43. The number of rotatable bonds is 6. The minimum atomic E-state index is -0.317. The number of aromatic nitrogens is 2. The second kappa shape index (κ2) is 8.93. The van der Waals surface area contributed by atoms with Crippen LogP contribution >= 0.6 is 11.6 Å². The van der Waals surface area contributed by atoms with Crippen molar-refractivity contribution in [3.05, 3.63) is 46.6 Å². The van der Waals surface area contributed by atoms with Crippen LogP contribution in [-0.2, 0) is 4.74 Å². The van der Waals surface area contributed by atoms with Gasteiger partial charge in [-0.1, -0.05) is 17.7 Å². The first-order valence-electron chi connectivity index (χ1n) is 8.57. The van der Waals surface area contributed by atoms with Gasteiger partial charge >= 0.3 is 0 Å². The summed E-state index contributed by atoms with van der Waals surface area (Å²) in [5.41, 5.74) is 1.84. The lowest BCUT2D eigenvalue weighted by Crippen LogP contribution is -2.39. The molecule has 0 aliphatic carbocycles. The summed E-state index contributed by atoms with van der Waals surface area (Å²) in [5.74, 6) is 0.330. The maximum absolute atomic E-state index is 12.3. The number of ether oxygens (including phenoxy) is 1. The fourth-order valence-electron chi connectivity index (χ4n) is 2.63. The molecule has 1 aromatic carbocycles. The van der Waals surface area contributed by atoms with Crippen molar-refractivity contribution in [2.24, 2.45) is 0 Å². The molecule has 26 heavy (non-hydrogen) atoms. The van der Waals surface area contributed by atoms with E-state index in [-0.39, 0.29) is 11.6 Å². The lowest BCUT2D eigenvalue weighted by Gasteiger charge is -2.26. The van der Waals surface area contributed by atoms with Crippen LogP contribution in [0.15, 0.2) is 30.3 Å². The van der Waals surface area contributed by atoms with Crippen LogP contribution in [0.25, 0.3) is 0 Å². The van der Waals surface area contributed by atoms with Gasteiger partial charge in [0.2, 0.25) is 0 Å². The van der Waals surface area contributed by atoms with Crippen molar-refractivity contribution in [2.45, 2.75) is 6.92 Å². The molecule has 1 saturated heterocycles. The number of carbonyl (C=O) groups excluding carboxylic acids is 1. The highest BCUT2D eigenvalue weighted by atomic mass is 35.5. The first-order valence-corrected chi connectivity index (χ1v) is 8.95. The molecule has 0 saturated carbocycles. The summed E-state index contributed by atoms with van der Waals surface area (Å²) in [4.78, 5) is 14.6. The Morgan fingerprint density at radius 1 is 1.23 bits per heavy atom. The van der Waals surface area contributed by atoms with Crippen LogP contribution < -0.4 is 10.6 Å². The van der Waals surface area contributed by atoms with E-state index >= 15 is 0 Å². The molecule has 1 amide bonds. The van der Waals surface area contributed by atoms with Crippen molar-refractivity contribution in [3.8, 4) is 0 Å². The molecule has 7 nitrogen and oxygen atoms in total. The molecule has 0 bridgehead atoms. The maximum Gasteiger partial charge on any atom is 0.276 e. The topological polar surface area (TPSA) is 79.4 Å². The molecule has 3 rings (SSSR count). The molecule has 2 N–H and O–H groups in total. The third kappa shape index (κ3) is 5.14. The Balaban J connectivity index is 1.51. The highest BCUT2D eigenvalue weighted by Crippen LogP contribution is 2.20. The third-order valence-electron chi connectivity index (χ3n) is 4.18. The van der Waals surface area contributed by atoms with Crippen LogP contribution in [0.1, 0.15) is 16.1 Å². The molecule has 1 aliphatic heterocycles. The molecule has 1 aliphatic rings. The Bertz CT molecular complexity index is 748. The van der Waals surface area contributed by atoms with Gasteiger partial charge in [0, 0.05) is 36.9 Å². The molecule has 1 fully saturated rings. The molecule has 0 unspecified atom stereocenters. The molecule has 0 atom stereocenters. The molecular weight excluding hydrogens is 354 g/mol. The van der Waals surface area contributed by atoms with Crippen LogP contribution in [0, 0.1) is 6.92 Å². The Labute approximate surface area is 157 Å². The summed E-state index contributed by atoms with van der Waals surface area (Å²) >= 11 is 5.97. The molecule has 0 spiro atoms. The molecular formula is C18H22ClN5O2. The molecule has 2 heterocycles. The van der Waals surface area contributed by atoms with E-state index in [1.54, 1.807) is 24.3 Å². The van der Waals surface area contributed by atoms with Gasteiger partial charge in [0.15, 0.2) is 5.69 Å². The van der Waals surface area contributed by atoms with Crippen molar-refractivity contribution in [1.29, 1.82) is 0 Å². The zero-order valence-corrected chi connectivity index (χ0v) is 15.4. The van der Waals surface area contributed by atoms with Gasteiger partial charge in [-0.15, -0.1) is 10.2 Å². The van der Waals surface area contributed by atoms with Crippen LogP contribution in [0.2, 0.25) is 5.02 Å². The summed E-state index contributed by atoms with van der Waals surface area (Å²) in [5, 5.41) is 14.7. The van der Waals surface area contributed by atoms with Crippen LogP contribution in [0.4, 0.5) is 11.5 Å². The van der Waals surface area contributed by atoms with Gasteiger partial charge in [0.25, 0.3) is 5.91 Å². The predicted molar refractivity (Wildman–Crippen MR) is 102 cm³/mol.